The lowest BCUT2D eigenvalue weighted by atomic mass is 10.2. The summed E-state index contributed by atoms with van der Waals surface area (Å²) in [6, 6.07) is 15.2. The molecule has 1 aromatic heterocycles. The van der Waals surface area contributed by atoms with Gasteiger partial charge in [0, 0.05) is 11.4 Å². The number of hydrogen-bond acceptors (Lipinski definition) is 7. The minimum Gasteiger partial charge on any atom is -0.462 e. The summed E-state index contributed by atoms with van der Waals surface area (Å²) < 4.78 is 7.07. The number of ether oxygens (including phenoxy) is 1. The van der Waals surface area contributed by atoms with Gasteiger partial charge in [0.15, 0.2) is 5.16 Å². The molecule has 3 aromatic rings. The van der Waals surface area contributed by atoms with Gasteiger partial charge >= 0.3 is 5.97 Å². The summed E-state index contributed by atoms with van der Waals surface area (Å²) in [7, 11) is 0. The van der Waals surface area contributed by atoms with E-state index in [0.717, 1.165) is 5.82 Å². The SMILES string of the molecule is CCOC(=O)c1ccccc1NC(=O)CSc1nnc(CSc2ccc(C)cc2)n1CC. The number of carbonyl (C=O) groups excluding carboxylic acids is 2. The van der Waals surface area contributed by atoms with E-state index in [1.165, 1.54) is 22.2 Å². The highest BCUT2D eigenvalue weighted by molar-refractivity contribution is 7.99. The Labute approximate surface area is 196 Å². The minimum atomic E-state index is -0.461. The van der Waals surface area contributed by atoms with Crippen LogP contribution in [0.4, 0.5) is 5.69 Å². The van der Waals surface area contributed by atoms with Gasteiger partial charge in [0.1, 0.15) is 5.82 Å². The van der Waals surface area contributed by atoms with Crippen molar-refractivity contribution >= 4 is 41.1 Å². The van der Waals surface area contributed by atoms with Crippen LogP contribution in [0.5, 0.6) is 0 Å². The molecule has 0 unspecified atom stereocenters. The zero-order valence-electron chi connectivity index (χ0n) is 18.3. The number of hydrogen-bond donors (Lipinski definition) is 1. The molecule has 1 heterocycles. The van der Waals surface area contributed by atoms with Crippen LogP contribution in [0, 0.1) is 6.92 Å². The van der Waals surface area contributed by atoms with Gasteiger partial charge in [-0.05, 0) is 45.0 Å². The number of aromatic nitrogens is 3. The van der Waals surface area contributed by atoms with Crippen molar-refractivity contribution in [2.24, 2.45) is 0 Å². The maximum atomic E-state index is 12.5. The lowest BCUT2D eigenvalue weighted by Gasteiger charge is -2.10. The number of nitrogens with one attached hydrogen (secondary N) is 1. The molecule has 0 aliphatic rings. The third-order valence-corrected chi connectivity index (χ3v) is 6.50. The molecule has 168 valence electrons. The number of amides is 1. The van der Waals surface area contributed by atoms with E-state index in [-0.39, 0.29) is 18.3 Å². The van der Waals surface area contributed by atoms with Crippen molar-refractivity contribution < 1.29 is 14.3 Å². The van der Waals surface area contributed by atoms with Crippen molar-refractivity contribution in [2.45, 2.75) is 43.1 Å². The van der Waals surface area contributed by atoms with Gasteiger partial charge in [0.05, 0.1) is 29.4 Å². The fraction of sp³-hybridized carbons (Fsp3) is 0.304. The van der Waals surface area contributed by atoms with E-state index in [9.17, 15) is 9.59 Å². The van der Waals surface area contributed by atoms with E-state index in [2.05, 4.69) is 46.7 Å². The standard InChI is InChI=1S/C23H26N4O3S2/c1-4-27-20(14-31-17-12-10-16(3)11-13-17)25-26-23(27)32-15-21(28)24-19-9-7-6-8-18(19)22(29)30-5-2/h6-13H,4-5,14-15H2,1-3H3,(H,24,28). The summed E-state index contributed by atoms with van der Waals surface area (Å²) >= 11 is 3.02. The van der Waals surface area contributed by atoms with E-state index < -0.39 is 5.97 Å². The Morgan fingerprint density at radius 3 is 2.50 bits per heavy atom. The first-order valence-electron chi connectivity index (χ1n) is 10.3. The number of carbonyl (C=O) groups is 2. The van der Waals surface area contributed by atoms with Crippen LogP contribution in [0.15, 0.2) is 58.6 Å². The Hall–Kier alpha value is -2.78. The summed E-state index contributed by atoms with van der Waals surface area (Å²) in [4.78, 5) is 25.8. The van der Waals surface area contributed by atoms with E-state index in [0.29, 0.717) is 28.7 Å². The third-order valence-electron chi connectivity index (χ3n) is 4.53. The Morgan fingerprint density at radius 2 is 1.78 bits per heavy atom. The number of esters is 1. The monoisotopic (exact) mass is 470 g/mol. The quantitative estimate of drug-likeness (QED) is 0.336. The molecule has 2 aromatic carbocycles. The van der Waals surface area contributed by atoms with Gasteiger partial charge in [-0.1, -0.05) is 41.6 Å². The second-order valence-electron chi connectivity index (χ2n) is 6.85. The molecule has 0 fully saturated rings. The zero-order chi connectivity index (χ0) is 22.9. The molecule has 7 nitrogen and oxygen atoms in total. The number of para-hydroxylation sites is 1. The third kappa shape index (κ3) is 6.37. The first-order valence-corrected chi connectivity index (χ1v) is 12.3. The maximum Gasteiger partial charge on any atom is 0.340 e. The van der Waals surface area contributed by atoms with Crippen LogP contribution < -0.4 is 5.32 Å². The van der Waals surface area contributed by atoms with Gasteiger partial charge in [-0.25, -0.2) is 4.79 Å². The molecule has 32 heavy (non-hydrogen) atoms. The van der Waals surface area contributed by atoms with Crippen LogP contribution in [0.25, 0.3) is 0 Å². The first-order chi connectivity index (χ1) is 15.5. The average molecular weight is 471 g/mol. The molecular formula is C23H26N4O3S2. The minimum absolute atomic E-state index is 0.153. The molecule has 0 aliphatic carbocycles. The molecular weight excluding hydrogens is 444 g/mol. The largest absolute Gasteiger partial charge is 0.462 e. The Morgan fingerprint density at radius 1 is 1.03 bits per heavy atom. The van der Waals surface area contributed by atoms with Crippen LogP contribution in [-0.4, -0.2) is 39.0 Å². The molecule has 3 rings (SSSR count). The lowest BCUT2D eigenvalue weighted by molar-refractivity contribution is -0.113. The van der Waals surface area contributed by atoms with Crippen molar-refractivity contribution in [3.8, 4) is 0 Å². The second kappa shape index (κ2) is 11.7. The number of benzene rings is 2. The fourth-order valence-electron chi connectivity index (χ4n) is 2.93. The summed E-state index contributed by atoms with van der Waals surface area (Å²) in [6.45, 7) is 6.83. The van der Waals surface area contributed by atoms with Crippen LogP contribution in [0.3, 0.4) is 0 Å². The zero-order valence-corrected chi connectivity index (χ0v) is 20.0. The van der Waals surface area contributed by atoms with Crippen molar-refractivity contribution in [1.29, 1.82) is 0 Å². The molecule has 0 radical (unpaired) electrons. The number of rotatable bonds is 10. The summed E-state index contributed by atoms with van der Waals surface area (Å²) in [5, 5.41) is 12.1. The highest BCUT2D eigenvalue weighted by atomic mass is 32.2. The predicted octanol–water partition coefficient (Wildman–Crippen LogP) is 4.81. The van der Waals surface area contributed by atoms with Crippen LogP contribution in [0.2, 0.25) is 0 Å². The average Bonchev–Trinajstić information content (AvgIpc) is 3.19. The summed E-state index contributed by atoms with van der Waals surface area (Å²) in [5.74, 6) is 1.03. The van der Waals surface area contributed by atoms with Crippen molar-refractivity contribution in [3.63, 3.8) is 0 Å². The molecule has 0 spiro atoms. The molecule has 0 saturated heterocycles. The van der Waals surface area contributed by atoms with Crippen LogP contribution >= 0.6 is 23.5 Å². The second-order valence-corrected chi connectivity index (χ2v) is 8.84. The highest BCUT2D eigenvalue weighted by Crippen LogP contribution is 2.25. The molecule has 0 atom stereocenters. The van der Waals surface area contributed by atoms with E-state index in [4.69, 9.17) is 4.74 Å². The van der Waals surface area contributed by atoms with Gasteiger partial charge in [-0.15, -0.1) is 22.0 Å². The van der Waals surface area contributed by atoms with Gasteiger partial charge in [-0.3, -0.25) is 4.79 Å². The number of thioether (sulfide) groups is 2. The predicted molar refractivity (Wildman–Crippen MR) is 128 cm³/mol. The van der Waals surface area contributed by atoms with Gasteiger partial charge in [-0.2, -0.15) is 0 Å². The van der Waals surface area contributed by atoms with Crippen molar-refractivity contribution in [3.05, 3.63) is 65.5 Å². The number of aryl methyl sites for hydroxylation is 1. The molecule has 0 bridgehead atoms. The Bertz CT molecular complexity index is 1070. The Balaban J connectivity index is 1.59. The highest BCUT2D eigenvalue weighted by Gasteiger charge is 2.16. The van der Waals surface area contributed by atoms with Gasteiger partial charge in [0.2, 0.25) is 5.91 Å². The van der Waals surface area contributed by atoms with Crippen molar-refractivity contribution in [2.75, 3.05) is 17.7 Å². The number of nitrogens with zero attached hydrogens (tertiary/aromatic N) is 3. The molecule has 1 amide bonds. The van der Waals surface area contributed by atoms with Crippen LogP contribution in [-0.2, 0) is 21.8 Å². The fourth-order valence-corrected chi connectivity index (χ4v) is 4.59. The first kappa shape index (κ1) is 23.9. The van der Waals surface area contributed by atoms with E-state index in [1.807, 2.05) is 11.5 Å². The molecule has 0 saturated carbocycles. The molecule has 0 aliphatic heterocycles. The molecule has 9 heteroatoms. The normalized spacial score (nSPS) is 10.7. The summed E-state index contributed by atoms with van der Waals surface area (Å²) in [6.07, 6.45) is 0. The van der Waals surface area contributed by atoms with Crippen molar-refractivity contribution in [1.82, 2.24) is 14.8 Å². The van der Waals surface area contributed by atoms with E-state index in [1.54, 1.807) is 43.0 Å². The maximum absolute atomic E-state index is 12.5. The van der Waals surface area contributed by atoms with E-state index >= 15 is 0 Å². The van der Waals surface area contributed by atoms with Gasteiger partial charge in [0.25, 0.3) is 0 Å². The van der Waals surface area contributed by atoms with Gasteiger partial charge < -0.3 is 14.6 Å². The lowest BCUT2D eigenvalue weighted by Crippen LogP contribution is -2.17. The number of anilines is 1. The smallest absolute Gasteiger partial charge is 0.340 e. The molecule has 1 N–H and O–H groups in total. The van der Waals surface area contributed by atoms with Crippen LogP contribution in [0.1, 0.15) is 35.6 Å². The topological polar surface area (TPSA) is 86.1 Å². The Kier molecular flexibility index (Phi) is 8.75. The summed E-state index contributed by atoms with van der Waals surface area (Å²) in [5.41, 5.74) is 2.00.